The molecule has 4 heteroatoms. The van der Waals surface area contributed by atoms with E-state index in [4.69, 9.17) is 4.74 Å². The average molecular weight is 228 g/mol. The van der Waals surface area contributed by atoms with Crippen LogP contribution in [0.25, 0.3) is 0 Å². The molecule has 0 aromatic heterocycles. The number of hydrogen-bond acceptors (Lipinski definition) is 3. The van der Waals surface area contributed by atoms with E-state index >= 15 is 0 Å². The molecule has 1 N–H and O–H groups in total. The topological polar surface area (TPSA) is 41.6 Å². The largest absolute Gasteiger partial charge is 0.383 e. The molecule has 0 aliphatic carbocycles. The molecule has 1 aliphatic heterocycles. The summed E-state index contributed by atoms with van der Waals surface area (Å²) in [5.41, 5.74) is -0.362. The number of rotatable bonds is 3. The number of carbonyl (C=O) groups is 1. The Kier molecular flexibility index (Phi) is 3.97. The molecule has 4 nitrogen and oxygen atoms in total. The molecule has 0 atom stereocenters. The first-order valence-corrected chi connectivity index (χ1v) is 5.82. The number of hydrogen-bond donors (Lipinski definition) is 1. The highest BCUT2D eigenvalue weighted by atomic mass is 16.5. The minimum Gasteiger partial charge on any atom is -0.383 e. The highest BCUT2D eigenvalue weighted by Crippen LogP contribution is 2.23. The molecule has 1 fully saturated rings. The fourth-order valence-corrected chi connectivity index (χ4v) is 1.96. The molecule has 1 saturated heterocycles. The zero-order valence-corrected chi connectivity index (χ0v) is 11.1. The second kappa shape index (κ2) is 4.72. The van der Waals surface area contributed by atoms with Crippen molar-refractivity contribution in [1.82, 2.24) is 10.2 Å². The van der Waals surface area contributed by atoms with Gasteiger partial charge in [0, 0.05) is 26.7 Å². The SMILES string of the molecule is COCCN1CC(C)(C)CNC(C)(C)C1=O. The molecule has 1 amide bonds. The minimum atomic E-state index is -0.471. The molecule has 0 unspecified atom stereocenters. The van der Waals surface area contributed by atoms with Gasteiger partial charge in [-0.15, -0.1) is 0 Å². The Bertz CT molecular complexity index is 262. The van der Waals surface area contributed by atoms with Crippen molar-refractivity contribution in [2.75, 3.05) is 33.4 Å². The first-order valence-electron chi connectivity index (χ1n) is 5.82. The van der Waals surface area contributed by atoms with Crippen LogP contribution in [0.3, 0.4) is 0 Å². The quantitative estimate of drug-likeness (QED) is 0.779. The second-order valence-electron chi connectivity index (χ2n) is 5.86. The van der Waals surface area contributed by atoms with Gasteiger partial charge in [-0.1, -0.05) is 13.8 Å². The summed E-state index contributed by atoms with van der Waals surface area (Å²) in [6, 6.07) is 0. The van der Waals surface area contributed by atoms with Gasteiger partial charge in [-0.2, -0.15) is 0 Å². The van der Waals surface area contributed by atoms with Crippen LogP contribution in [-0.4, -0.2) is 49.7 Å². The minimum absolute atomic E-state index is 0.108. The van der Waals surface area contributed by atoms with Gasteiger partial charge in [-0.3, -0.25) is 4.79 Å². The van der Waals surface area contributed by atoms with Gasteiger partial charge >= 0.3 is 0 Å². The Labute approximate surface area is 98.3 Å². The van der Waals surface area contributed by atoms with E-state index in [1.807, 2.05) is 18.7 Å². The Morgan fingerprint density at radius 3 is 2.56 bits per heavy atom. The number of nitrogens with zero attached hydrogens (tertiary/aromatic N) is 1. The molecular weight excluding hydrogens is 204 g/mol. The predicted octanol–water partition coefficient (Wildman–Crippen LogP) is 0.869. The molecule has 94 valence electrons. The lowest BCUT2D eigenvalue weighted by molar-refractivity contribution is -0.137. The highest BCUT2D eigenvalue weighted by Gasteiger charge is 2.38. The zero-order chi connectivity index (χ0) is 12.4. The Morgan fingerprint density at radius 2 is 2.00 bits per heavy atom. The van der Waals surface area contributed by atoms with E-state index in [0.717, 1.165) is 13.1 Å². The Hall–Kier alpha value is -0.610. The zero-order valence-electron chi connectivity index (χ0n) is 11.1. The van der Waals surface area contributed by atoms with Crippen LogP contribution in [0.4, 0.5) is 0 Å². The van der Waals surface area contributed by atoms with E-state index in [-0.39, 0.29) is 11.3 Å². The number of carbonyl (C=O) groups excluding carboxylic acids is 1. The summed E-state index contributed by atoms with van der Waals surface area (Å²) in [6.07, 6.45) is 0. The molecule has 1 aliphatic rings. The molecule has 0 bridgehead atoms. The van der Waals surface area contributed by atoms with E-state index in [1.165, 1.54) is 0 Å². The molecular formula is C12H24N2O2. The Morgan fingerprint density at radius 1 is 1.38 bits per heavy atom. The van der Waals surface area contributed by atoms with Gasteiger partial charge < -0.3 is 15.0 Å². The van der Waals surface area contributed by atoms with Gasteiger partial charge in [0.2, 0.25) is 5.91 Å². The van der Waals surface area contributed by atoms with Crippen LogP contribution < -0.4 is 5.32 Å². The maximum atomic E-state index is 12.3. The van der Waals surface area contributed by atoms with Crippen molar-refractivity contribution in [3.8, 4) is 0 Å². The van der Waals surface area contributed by atoms with E-state index in [2.05, 4.69) is 19.2 Å². The van der Waals surface area contributed by atoms with Crippen LogP contribution in [-0.2, 0) is 9.53 Å². The third kappa shape index (κ3) is 3.19. The van der Waals surface area contributed by atoms with Crippen molar-refractivity contribution >= 4 is 5.91 Å². The van der Waals surface area contributed by atoms with Gasteiger partial charge in [0.1, 0.15) is 0 Å². The van der Waals surface area contributed by atoms with E-state index in [9.17, 15) is 4.79 Å². The van der Waals surface area contributed by atoms with Crippen LogP contribution in [0.1, 0.15) is 27.7 Å². The van der Waals surface area contributed by atoms with E-state index < -0.39 is 5.54 Å². The lowest BCUT2D eigenvalue weighted by Gasteiger charge is -2.30. The lowest BCUT2D eigenvalue weighted by Crippen LogP contribution is -2.52. The molecule has 16 heavy (non-hydrogen) atoms. The summed E-state index contributed by atoms with van der Waals surface area (Å²) in [5.74, 6) is 0.162. The number of methoxy groups -OCH3 is 1. The monoisotopic (exact) mass is 228 g/mol. The van der Waals surface area contributed by atoms with E-state index in [1.54, 1.807) is 7.11 Å². The molecule has 1 rings (SSSR count). The summed E-state index contributed by atoms with van der Waals surface area (Å²) in [5, 5.41) is 3.34. The highest BCUT2D eigenvalue weighted by molar-refractivity contribution is 5.85. The van der Waals surface area contributed by atoms with Crippen molar-refractivity contribution in [1.29, 1.82) is 0 Å². The van der Waals surface area contributed by atoms with Crippen LogP contribution >= 0.6 is 0 Å². The van der Waals surface area contributed by atoms with Crippen LogP contribution in [0.2, 0.25) is 0 Å². The summed E-state index contributed by atoms with van der Waals surface area (Å²) in [7, 11) is 1.66. The first-order chi connectivity index (χ1) is 7.28. The van der Waals surface area contributed by atoms with Gasteiger partial charge in [0.05, 0.1) is 12.1 Å². The van der Waals surface area contributed by atoms with Crippen LogP contribution in [0, 0.1) is 5.41 Å². The number of ether oxygens (including phenoxy) is 1. The van der Waals surface area contributed by atoms with E-state index in [0.29, 0.717) is 13.2 Å². The first kappa shape index (κ1) is 13.5. The van der Waals surface area contributed by atoms with Crippen LogP contribution in [0.15, 0.2) is 0 Å². The predicted molar refractivity (Wildman–Crippen MR) is 64.3 cm³/mol. The molecule has 0 saturated carbocycles. The van der Waals surface area contributed by atoms with Crippen molar-refractivity contribution in [2.24, 2.45) is 5.41 Å². The lowest BCUT2D eigenvalue weighted by atomic mass is 9.93. The molecule has 0 spiro atoms. The third-order valence-electron chi connectivity index (χ3n) is 3.01. The summed E-state index contributed by atoms with van der Waals surface area (Å²) in [4.78, 5) is 14.2. The van der Waals surface area contributed by atoms with Crippen molar-refractivity contribution < 1.29 is 9.53 Å². The normalized spacial score (nSPS) is 24.3. The standard InChI is InChI=1S/C12H24N2O2/c1-11(2)8-13-12(3,4)10(15)14(9-11)6-7-16-5/h13H,6-9H2,1-5H3. The third-order valence-corrected chi connectivity index (χ3v) is 3.01. The molecule has 0 aromatic carbocycles. The van der Waals surface area contributed by atoms with Crippen molar-refractivity contribution in [3.63, 3.8) is 0 Å². The van der Waals surface area contributed by atoms with Crippen molar-refractivity contribution in [3.05, 3.63) is 0 Å². The van der Waals surface area contributed by atoms with Crippen molar-refractivity contribution in [2.45, 2.75) is 33.2 Å². The molecule has 0 aromatic rings. The van der Waals surface area contributed by atoms with Gasteiger partial charge in [-0.25, -0.2) is 0 Å². The van der Waals surface area contributed by atoms with Gasteiger partial charge in [0.15, 0.2) is 0 Å². The molecule has 1 heterocycles. The summed E-state index contributed by atoms with van der Waals surface area (Å²) < 4.78 is 5.06. The van der Waals surface area contributed by atoms with Crippen LogP contribution in [0.5, 0.6) is 0 Å². The Balaban J connectivity index is 2.81. The summed E-state index contributed by atoms with van der Waals surface area (Å²) >= 11 is 0. The fourth-order valence-electron chi connectivity index (χ4n) is 1.96. The van der Waals surface area contributed by atoms with Gasteiger partial charge in [-0.05, 0) is 19.3 Å². The smallest absolute Gasteiger partial charge is 0.242 e. The second-order valence-corrected chi connectivity index (χ2v) is 5.86. The summed E-state index contributed by atoms with van der Waals surface area (Å²) in [6.45, 7) is 11.1. The maximum absolute atomic E-state index is 12.3. The maximum Gasteiger partial charge on any atom is 0.242 e. The van der Waals surface area contributed by atoms with Gasteiger partial charge in [0.25, 0.3) is 0 Å². The number of amides is 1. The average Bonchev–Trinajstić information content (AvgIpc) is 2.26. The molecule has 0 radical (unpaired) electrons. The fraction of sp³-hybridized carbons (Fsp3) is 0.917. The number of nitrogens with one attached hydrogen (secondary N) is 1.